The number of nitrogens with zero attached hydrogens (tertiary/aromatic N) is 2. The molecule has 0 unspecified atom stereocenters. The Kier molecular flexibility index (Phi) is 8.35. The van der Waals surface area contributed by atoms with Gasteiger partial charge in [-0.1, -0.05) is 12.1 Å². The van der Waals surface area contributed by atoms with Crippen molar-refractivity contribution in [3.63, 3.8) is 0 Å². The van der Waals surface area contributed by atoms with Crippen molar-refractivity contribution in [3.8, 4) is 11.5 Å². The summed E-state index contributed by atoms with van der Waals surface area (Å²) in [5.74, 6) is -2.69. The third-order valence-electron chi connectivity index (χ3n) is 5.99. The summed E-state index contributed by atoms with van der Waals surface area (Å²) in [4.78, 5) is 8.95. The van der Waals surface area contributed by atoms with Gasteiger partial charge in [0, 0.05) is 24.1 Å². The first-order valence-electron chi connectivity index (χ1n) is 11.8. The minimum atomic E-state index is -3.50. The molecule has 8 nitrogen and oxygen atoms in total. The summed E-state index contributed by atoms with van der Waals surface area (Å²) in [5.41, 5.74) is -0.0733. The van der Waals surface area contributed by atoms with Gasteiger partial charge in [0.25, 0.3) is 5.92 Å². The Morgan fingerprint density at radius 3 is 2.59 bits per heavy atom. The lowest BCUT2D eigenvalue weighted by atomic mass is 10.00. The summed E-state index contributed by atoms with van der Waals surface area (Å²) < 4.78 is 71.4. The van der Waals surface area contributed by atoms with Gasteiger partial charge in [0.1, 0.15) is 36.8 Å². The first-order chi connectivity index (χ1) is 17.7. The van der Waals surface area contributed by atoms with E-state index in [1.54, 1.807) is 33.1 Å². The van der Waals surface area contributed by atoms with Gasteiger partial charge in [0.05, 0.1) is 44.1 Å². The fraction of sp³-hybridized carbons (Fsp3) is 0.462. The highest BCUT2D eigenvalue weighted by Gasteiger charge is 2.38. The number of halogens is 3. The molecule has 3 aromatic rings. The molecule has 1 aromatic heterocycles. The van der Waals surface area contributed by atoms with E-state index in [9.17, 15) is 8.78 Å². The van der Waals surface area contributed by atoms with Crippen molar-refractivity contribution < 1.29 is 36.9 Å². The molecule has 0 saturated carbocycles. The second kappa shape index (κ2) is 11.5. The fourth-order valence-corrected chi connectivity index (χ4v) is 3.93. The van der Waals surface area contributed by atoms with Crippen LogP contribution in [0.2, 0.25) is 0 Å². The molecule has 1 aliphatic rings. The number of benzene rings is 2. The second-order valence-electron chi connectivity index (χ2n) is 8.73. The summed E-state index contributed by atoms with van der Waals surface area (Å²) in [7, 11) is 3.09. The average molecular weight is 522 g/mol. The minimum Gasteiger partial charge on any atom is -0.493 e. The molecule has 0 bridgehead atoms. The molecule has 1 atom stereocenters. The zero-order chi connectivity index (χ0) is 26.6. The fourth-order valence-electron chi connectivity index (χ4n) is 3.93. The Hall–Kier alpha value is -3.15. The van der Waals surface area contributed by atoms with Crippen molar-refractivity contribution in [2.45, 2.75) is 31.9 Å². The van der Waals surface area contributed by atoms with Crippen LogP contribution in [-0.4, -0.2) is 63.3 Å². The third-order valence-corrected chi connectivity index (χ3v) is 5.99. The highest BCUT2D eigenvalue weighted by atomic mass is 19.3. The van der Waals surface area contributed by atoms with Crippen LogP contribution in [0.25, 0.3) is 10.9 Å². The molecule has 1 saturated heterocycles. The number of ether oxygens (including phenoxy) is 5. The van der Waals surface area contributed by atoms with Gasteiger partial charge < -0.3 is 29.0 Å². The topological polar surface area (TPSA) is 84.0 Å². The number of hydrogen-bond donors (Lipinski definition) is 1. The van der Waals surface area contributed by atoms with Crippen LogP contribution in [0, 0.1) is 12.7 Å². The van der Waals surface area contributed by atoms with Crippen molar-refractivity contribution in [3.05, 3.63) is 53.1 Å². The van der Waals surface area contributed by atoms with Crippen LogP contribution >= 0.6 is 0 Å². The number of rotatable bonds is 12. The van der Waals surface area contributed by atoms with E-state index in [-0.39, 0.29) is 18.8 Å². The number of aromatic nitrogens is 2. The van der Waals surface area contributed by atoms with E-state index in [0.717, 1.165) is 6.07 Å². The SMILES string of the molecule is COCCOc1cc2c(N[C@H](C)c3cccc(C(F)(F)COC4COC4)c3F)nc(C)nc2cc1OC. The van der Waals surface area contributed by atoms with Gasteiger partial charge in [0.2, 0.25) is 0 Å². The normalized spacial score (nSPS) is 14.9. The molecule has 11 heteroatoms. The Balaban J connectivity index is 1.62. The Bertz CT molecular complexity index is 1240. The van der Waals surface area contributed by atoms with Crippen LogP contribution in [0.3, 0.4) is 0 Å². The molecule has 1 aliphatic heterocycles. The number of nitrogens with one attached hydrogen (secondary N) is 1. The highest BCUT2D eigenvalue weighted by Crippen LogP contribution is 2.37. The Labute approximate surface area is 213 Å². The summed E-state index contributed by atoms with van der Waals surface area (Å²) in [6.45, 7) is 3.67. The van der Waals surface area contributed by atoms with Crippen molar-refractivity contribution in [1.29, 1.82) is 0 Å². The zero-order valence-corrected chi connectivity index (χ0v) is 21.1. The maximum atomic E-state index is 15.4. The third kappa shape index (κ3) is 6.06. The number of methoxy groups -OCH3 is 2. The molecule has 200 valence electrons. The maximum Gasteiger partial charge on any atom is 0.298 e. The van der Waals surface area contributed by atoms with E-state index < -0.39 is 36.1 Å². The number of aryl methyl sites for hydroxylation is 1. The average Bonchev–Trinajstić information content (AvgIpc) is 2.82. The first-order valence-corrected chi connectivity index (χ1v) is 11.8. The molecule has 2 aromatic carbocycles. The van der Waals surface area contributed by atoms with Gasteiger partial charge in [-0.15, -0.1) is 0 Å². The quantitative estimate of drug-likeness (QED) is 0.341. The summed E-state index contributed by atoms with van der Waals surface area (Å²) in [6, 6.07) is 6.69. The van der Waals surface area contributed by atoms with Gasteiger partial charge in [0.15, 0.2) is 11.5 Å². The van der Waals surface area contributed by atoms with E-state index in [1.807, 2.05) is 0 Å². The monoisotopic (exact) mass is 521 g/mol. The zero-order valence-electron chi connectivity index (χ0n) is 21.1. The van der Waals surface area contributed by atoms with Crippen molar-refractivity contribution in [1.82, 2.24) is 9.97 Å². The van der Waals surface area contributed by atoms with Gasteiger partial charge in [-0.25, -0.2) is 14.4 Å². The van der Waals surface area contributed by atoms with Gasteiger partial charge in [-0.3, -0.25) is 0 Å². The van der Waals surface area contributed by atoms with E-state index >= 15 is 4.39 Å². The molecule has 0 radical (unpaired) electrons. The Morgan fingerprint density at radius 1 is 1.14 bits per heavy atom. The predicted molar refractivity (Wildman–Crippen MR) is 131 cm³/mol. The van der Waals surface area contributed by atoms with E-state index in [0.29, 0.717) is 47.3 Å². The number of anilines is 1. The number of alkyl halides is 2. The molecule has 37 heavy (non-hydrogen) atoms. The molecule has 0 spiro atoms. The summed E-state index contributed by atoms with van der Waals surface area (Å²) >= 11 is 0. The second-order valence-corrected chi connectivity index (χ2v) is 8.73. The molecule has 0 aliphatic carbocycles. The van der Waals surface area contributed by atoms with Crippen LogP contribution in [0.1, 0.15) is 29.9 Å². The summed E-state index contributed by atoms with van der Waals surface area (Å²) in [5, 5.41) is 3.76. The van der Waals surface area contributed by atoms with Crippen LogP contribution in [0.15, 0.2) is 30.3 Å². The van der Waals surface area contributed by atoms with E-state index in [4.69, 9.17) is 23.7 Å². The minimum absolute atomic E-state index is 0.0682. The first kappa shape index (κ1) is 26.9. The molecule has 2 heterocycles. The lowest BCUT2D eigenvalue weighted by Gasteiger charge is -2.28. The maximum absolute atomic E-state index is 15.4. The van der Waals surface area contributed by atoms with E-state index in [2.05, 4.69) is 15.3 Å². The Morgan fingerprint density at radius 2 is 1.92 bits per heavy atom. The van der Waals surface area contributed by atoms with Crippen molar-refractivity contribution in [2.75, 3.05) is 52.6 Å². The lowest BCUT2D eigenvalue weighted by Crippen LogP contribution is -2.39. The number of hydrogen-bond acceptors (Lipinski definition) is 8. The largest absolute Gasteiger partial charge is 0.493 e. The van der Waals surface area contributed by atoms with Gasteiger partial charge >= 0.3 is 0 Å². The lowest BCUT2D eigenvalue weighted by molar-refractivity contribution is -0.175. The van der Waals surface area contributed by atoms with Crippen molar-refractivity contribution >= 4 is 16.7 Å². The highest BCUT2D eigenvalue weighted by molar-refractivity contribution is 5.92. The number of fused-ring (bicyclic) bond motifs is 1. The predicted octanol–water partition coefficient (Wildman–Crippen LogP) is 4.79. The standard InChI is InChI=1S/C26H30F3N3O5/c1-15(18-6-5-7-20(24(18)27)26(28,29)14-37-17-12-35-13-17)30-25-19-10-23(36-9-8-33-3)22(34-4)11-21(19)31-16(2)32-25/h5-7,10-11,15,17H,8-9,12-14H2,1-4H3,(H,30,31,32)/t15-/m1/s1. The van der Waals surface area contributed by atoms with Crippen LogP contribution in [0.4, 0.5) is 19.0 Å². The molecule has 0 amide bonds. The van der Waals surface area contributed by atoms with E-state index in [1.165, 1.54) is 19.2 Å². The molecular formula is C26H30F3N3O5. The smallest absolute Gasteiger partial charge is 0.298 e. The summed E-state index contributed by atoms with van der Waals surface area (Å²) in [6.07, 6.45) is -0.394. The van der Waals surface area contributed by atoms with Gasteiger partial charge in [-0.05, 0) is 26.0 Å². The molecule has 1 N–H and O–H groups in total. The van der Waals surface area contributed by atoms with Gasteiger partial charge in [-0.2, -0.15) is 8.78 Å². The van der Waals surface area contributed by atoms with Crippen LogP contribution in [0.5, 0.6) is 11.5 Å². The molecule has 1 fully saturated rings. The molecular weight excluding hydrogens is 491 g/mol. The molecule has 4 rings (SSSR count). The van der Waals surface area contributed by atoms with Crippen LogP contribution < -0.4 is 14.8 Å². The van der Waals surface area contributed by atoms with Crippen molar-refractivity contribution in [2.24, 2.45) is 0 Å². The van der Waals surface area contributed by atoms with Crippen LogP contribution in [-0.2, 0) is 20.1 Å².